The molecule has 2 aromatic rings. The first-order chi connectivity index (χ1) is 9.88. The number of phenols is 1. The third kappa shape index (κ3) is 3.22. The minimum atomic E-state index is -1.11. The van der Waals surface area contributed by atoms with Gasteiger partial charge in [-0.1, -0.05) is 0 Å². The number of anilines is 1. The maximum atomic E-state index is 13.1. The van der Waals surface area contributed by atoms with E-state index in [0.717, 1.165) is 24.3 Å². The van der Waals surface area contributed by atoms with Crippen molar-refractivity contribution >= 4 is 11.4 Å². The summed E-state index contributed by atoms with van der Waals surface area (Å²) in [6.07, 6.45) is 0. The van der Waals surface area contributed by atoms with Gasteiger partial charge in [-0.05, 0) is 29.8 Å². The van der Waals surface area contributed by atoms with E-state index in [-0.39, 0.29) is 17.8 Å². The topological polar surface area (TPSA) is 75.4 Å². The molecule has 0 atom stereocenters. The molecular formula is C13H9F3N2O3. The lowest BCUT2D eigenvalue weighted by molar-refractivity contribution is -0.387. The van der Waals surface area contributed by atoms with Crippen molar-refractivity contribution in [2.24, 2.45) is 0 Å². The molecule has 0 aliphatic rings. The van der Waals surface area contributed by atoms with Crippen LogP contribution in [0.4, 0.5) is 24.5 Å². The Hall–Kier alpha value is -2.77. The van der Waals surface area contributed by atoms with Crippen molar-refractivity contribution < 1.29 is 23.2 Å². The fourth-order valence-corrected chi connectivity index (χ4v) is 1.69. The van der Waals surface area contributed by atoms with E-state index in [4.69, 9.17) is 5.11 Å². The molecule has 0 unspecified atom stereocenters. The first-order valence-electron chi connectivity index (χ1n) is 5.73. The summed E-state index contributed by atoms with van der Waals surface area (Å²) >= 11 is 0. The molecule has 2 rings (SSSR count). The van der Waals surface area contributed by atoms with Crippen LogP contribution in [0.15, 0.2) is 30.3 Å². The summed E-state index contributed by atoms with van der Waals surface area (Å²) in [5.41, 5.74) is -0.310. The Bertz CT molecular complexity index is 684. The number of nitrogens with one attached hydrogen (secondary N) is 1. The molecule has 0 radical (unpaired) electrons. The predicted molar refractivity (Wildman–Crippen MR) is 68.4 cm³/mol. The molecule has 0 saturated heterocycles. The van der Waals surface area contributed by atoms with Gasteiger partial charge in [0.15, 0.2) is 17.4 Å². The van der Waals surface area contributed by atoms with Gasteiger partial charge in [0.05, 0.1) is 4.92 Å². The van der Waals surface area contributed by atoms with Crippen LogP contribution < -0.4 is 5.32 Å². The molecule has 0 aromatic heterocycles. The quantitative estimate of drug-likeness (QED) is 0.670. The molecular weight excluding hydrogens is 289 g/mol. The number of hydrogen-bond acceptors (Lipinski definition) is 4. The van der Waals surface area contributed by atoms with Crippen LogP contribution in [-0.4, -0.2) is 10.0 Å². The Morgan fingerprint density at radius 1 is 1.10 bits per heavy atom. The van der Waals surface area contributed by atoms with Gasteiger partial charge < -0.3 is 10.4 Å². The van der Waals surface area contributed by atoms with E-state index < -0.39 is 33.8 Å². The standard InChI is InChI=1S/C13H9F3N2O3/c14-9-2-1-8(5-12(9)18(20)21)17-6-7-3-10(15)13(19)11(16)4-7/h1-5,17,19H,6H2. The van der Waals surface area contributed by atoms with Gasteiger partial charge in [0.2, 0.25) is 5.82 Å². The first kappa shape index (κ1) is 14.6. The number of hydrogen-bond donors (Lipinski definition) is 2. The number of nitro groups is 1. The minimum absolute atomic E-state index is 0.0586. The van der Waals surface area contributed by atoms with Crippen LogP contribution in [0.3, 0.4) is 0 Å². The second-order valence-corrected chi connectivity index (χ2v) is 4.18. The van der Waals surface area contributed by atoms with Crippen LogP contribution in [0.2, 0.25) is 0 Å². The lowest BCUT2D eigenvalue weighted by Crippen LogP contribution is -2.02. The molecule has 0 spiro atoms. The van der Waals surface area contributed by atoms with Gasteiger partial charge >= 0.3 is 5.69 Å². The molecule has 0 fully saturated rings. The second kappa shape index (κ2) is 5.70. The molecule has 0 saturated carbocycles. The number of benzene rings is 2. The van der Waals surface area contributed by atoms with Crippen molar-refractivity contribution in [2.45, 2.75) is 6.54 Å². The number of phenolic OH excluding ortho intramolecular Hbond substituents is 1. The summed E-state index contributed by atoms with van der Waals surface area (Å²) in [7, 11) is 0. The number of nitrogens with zero attached hydrogens (tertiary/aromatic N) is 1. The van der Waals surface area contributed by atoms with Gasteiger partial charge in [0, 0.05) is 18.3 Å². The van der Waals surface area contributed by atoms with Crippen molar-refractivity contribution in [3.63, 3.8) is 0 Å². The average Bonchev–Trinajstić information content (AvgIpc) is 2.43. The summed E-state index contributed by atoms with van der Waals surface area (Å²) < 4.78 is 39.4. The normalized spacial score (nSPS) is 10.4. The Kier molecular flexibility index (Phi) is 3.97. The Morgan fingerprint density at radius 3 is 2.29 bits per heavy atom. The maximum absolute atomic E-state index is 13.1. The Balaban J connectivity index is 2.17. The summed E-state index contributed by atoms with van der Waals surface area (Å²) in [6.45, 7) is -0.0586. The zero-order valence-electron chi connectivity index (χ0n) is 10.4. The zero-order chi connectivity index (χ0) is 15.6. The van der Waals surface area contributed by atoms with Gasteiger partial charge in [-0.2, -0.15) is 4.39 Å². The number of halogens is 3. The van der Waals surface area contributed by atoms with Gasteiger partial charge in [-0.15, -0.1) is 0 Å². The molecule has 2 N–H and O–H groups in total. The molecule has 0 amide bonds. The van der Waals surface area contributed by atoms with E-state index in [0.29, 0.717) is 0 Å². The predicted octanol–water partition coefficient (Wildman–Crippen LogP) is 3.33. The van der Waals surface area contributed by atoms with E-state index in [1.807, 2.05) is 0 Å². The van der Waals surface area contributed by atoms with Crippen molar-refractivity contribution in [1.82, 2.24) is 0 Å². The van der Waals surface area contributed by atoms with Crippen LogP contribution in [0, 0.1) is 27.6 Å². The SMILES string of the molecule is O=[N+]([O-])c1cc(NCc2cc(F)c(O)c(F)c2)ccc1F. The molecule has 0 aliphatic heterocycles. The van der Waals surface area contributed by atoms with Crippen LogP contribution in [0.25, 0.3) is 0 Å². The lowest BCUT2D eigenvalue weighted by atomic mass is 10.2. The molecule has 110 valence electrons. The number of nitro benzene ring substituents is 1. The Labute approximate surface area is 116 Å². The van der Waals surface area contributed by atoms with Crippen molar-refractivity contribution in [3.05, 3.63) is 63.5 Å². The van der Waals surface area contributed by atoms with Crippen molar-refractivity contribution in [1.29, 1.82) is 0 Å². The highest BCUT2D eigenvalue weighted by Gasteiger charge is 2.14. The van der Waals surface area contributed by atoms with Crippen LogP contribution in [-0.2, 0) is 6.54 Å². The summed E-state index contributed by atoms with van der Waals surface area (Å²) in [4.78, 5) is 9.71. The largest absolute Gasteiger partial charge is 0.503 e. The zero-order valence-corrected chi connectivity index (χ0v) is 10.4. The smallest absolute Gasteiger partial charge is 0.306 e. The second-order valence-electron chi connectivity index (χ2n) is 4.18. The fraction of sp³-hybridized carbons (Fsp3) is 0.0769. The van der Waals surface area contributed by atoms with E-state index in [1.165, 1.54) is 6.07 Å². The van der Waals surface area contributed by atoms with Crippen molar-refractivity contribution in [2.75, 3.05) is 5.32 Å². The highest BCUT2D eigenvalue weighted by molar-refractivity contribution is 5.52. The number of aromatic hydroxyl groups is 1. The summed E-state index contributed by atoms with van der Waals surface area (Å²) in [5.74, 6) is -4.28. The van der Waals surface area contributed by atoms with E-state index >= 15 is 0 Å². The van der Waals surface area contributed by atoms with Crippen molar-refractivity contribution in [3.8, 4) is 5.75 Å². The molecule has 5 nitrogen and oxygen atoms in total. The highest BCUT2D eigenvalue weighted by atomic mass is 19.1. The minimum Gasteiger partial charge on any atom is -0.503 e. The number of rotatable bonds is 4. The molecule has 8 heteroatoms. The first-order valence-corrected chi connectivity index (χ1v) is 5.73. The third-order valence-corrected chi connectivity index (χ3v) is 2.72. The van der Waals surface area contributed by atoms with Gasteiger partial charge in [-0.25, -0.2) is 8.78 Å². The van der Waals surface area contributed by atoms with E-state index in [1.54, 1.807) is 0 Å². The molecule has 21 heavy (non-hydrogen) atoms. The average molecular weight is 298 g/mol. The van der Waals surface area contributed by atoms with E-state index in [2.05, 4.69) is 5.32 Å². The summed E-state index contributed by atoms with van der Waals surface area (Å²) in [6, 6.07) is 4.99. The fourth-order valence-electron chi connectivity index (χ4n) is 1.69. The van der Waals surface area contributed by atoms with Gasteiger partial charge in [0.1, 0.15) is 0 Å². The maximum Gasteiger partial charge on any atom is 0.306 e. The van der Waals surface area contributed by atoms with Crippen LogP contribution >= 0.6 is 0 Å². The van der Waals surface area contributed by atoms with Gasteiger partial charge in [0.25, 0.3) is 0 Å². The Morgan fingerprint density at radius 2 is 1.71 bits per heavy atom. The molecule has 0 bridgehead atoms. The summed E-state index contributed by atoms with van der Waals surface area (Å²) in [5, 5.41) is 22.2. The molecule has 0 aliphatic carbocycles. The monoisotopic (exact) mass is 298 g/mol. The molecule has 2 aromatic carbocycles. The van der Waals surface area contributed by atoms with Crippen LogP contribution in [0.5, 0.6) is 5.75 Å². The highest BCUT2D eigenvalue weighted by Crippen LogP contribution is 2.24. The molecule has 0 heterocycles. The lowest BCUT2D eigenvalue weighted by Gasteiger charge is -2.08. The van der Waals surface area contributed by atoms with E-state index in [9.17, 15) is 23.3 Å². The van der Waals surface area contributed by atoms with Crippen LogP contribution in [0.1, 0.15) is 5.56 Å². The third-order valence-electron chi connectivity index (χ3n) is 2.72. The van der Waals surface area contributed by atoms with Gasteiger partial charge in [-0.3, -0.25) is 10.1 Å².